The first kappa shape index (κ1) is 23.6. The van der Waals surface area contributed by atoms with E-state index in [2.05, 4.69) is 34.9 Å². The Hall–Kier alpha value is -3.55. The van der Waals surface area contributed by atoms with Crippen LogP contribution >= 0.6 is 0 Å². The second-order valence-corrected chi connectivity index (χ2v) is 9.85. The third kappa shape index (κ3) is 4.85. The van der Waals surface area contributed by atoms with Crippen molar-refractivity contribution in [3.8, 4) is 11.1 Å². The SMILES string of the molecule is CC(C)(C)OC(=O)N[C@@]1(C(=O)O)C[C@@H]1CCNC(=O)OCC1c2ccccc2-c2ccccc21. The first-order valence-corrected chi connectivity index (χ1v) is 11.4. The Balaban J connectivity index is 1.26. The van der Waals surface area contributed by atoms with Crippen molar-refractivity contribution in [1.29, 1.82) is 0 Å². The van der Waals surface area contributed by atoms with E-state index >= 15 is 0 Å². The van der Waals surface area contributed by atoms with Gasteiger partial charge in [-0.3, -0.25) is 0 Å². The van der Waals surface area contributed by atoms with Crippen molar-refractivity contribution in [2.75, 3.05) is 13.2 Å². The van der Waals surface area contributed by atoms with E-state index in [1.165, 1.54) is 0 Å². The number of nitrogens with one attached hydrogen (secondary N) is 2. The van der Waals surface area contributed by atoms with E-state index in [-0.39, 0.29) is 31.4 Å². The van der Waals surface area contributed by atoms with Gasteiger partial charge in [0.05, 0.1) is 0 Å². The van der Waals surface area contributed by atoms with Gasteiger partial charge in [-0.25, -0.2) is 14.4 Å². The Morgan fingerprint density at radius 1 is 1.00 bits per heavy atom. The lowest BCUT2D eigenvalue weighted by Gasteiger charge is -2.22. The van der Waals surface area contributed by atoms with E-state index in [1.807, 2.05) is 24.3 Å². The van der Waals surface area contributed by atoms with E-state index < -0.39 is 29.3 Å². The van der Waals surface area contributed by atoms with Gasteiger partial charge in [0, 0.05) is 12.5 Å². The Bertz CT molecular complexity index is 1060. The third-order valence-electron chi connectivity index (χ3n) is 6.32. The average Bonchev–Trinajstić information content (AvgIpc) is 3.36. The Kier molecular flexibility index (Phi) is 6.25. The molecule has 0 bridgehead atoms. The van der Waals surface area contributed by atoms with Crippen LogP contribution in [0, 0.1) is 5.92 Å². The molecule has 0 unspecified atom stereocenters. The zero-order chi connectivity index (χ0) is 24.5. The van der Waals surface area contributed by atoms with Crippen LogP contribution in [-0.4, -0.2) is 47.6 Å². The quantitative estimate of drug-likeness (QED) is 0.561. The predicted octanol–water partition coefficient (Wildman–Crippen LogP) is 4.28. The Morgan fingerprint density at radius 3 is 2.15 bits per heavy atom. The topological polar surface area (TPSA) is 114 Å². The minimum absolute atomic E-state index is 0.0285. The number of alkyl carbamates (subject to hydrolysis) is 2. The van der Waals surface area contributed by atoms with Crippen LogP contribution in [0.1, 0.15) is 50.7 Å². The molecule has 2 aliphatic rings. The van der Waals surface area contributed by atoms with Gasteiger partial charge in [-0.2, -0.15) is 0 Å². The van der Waals surface area contributed by atoms with Gasteiger partial charge >= 0.3 is 18.2 Å². The van der Waals surface area contributed by atoms with Gasteiger partial charge in [0.25, 0.3) is 0 Å². The van der Waals surface area contributed by atoms with Crippen molar-refractivity contribution >= 4 is 18.2 Å². The zero-order valence-electron chi connectivity index (χ0n) is 19.6. The van der Waals surface area contributed by atoms with Gasteiger partial charge in [0.15, 0.2) is 0 Å². The highest BCUT2D eigenvalue weighted by atomic mass is 16.6. The fourth-order valence-corrected chi connectivity index (χ4v) is 4.63. The summed E-state index contributed by atoms with van der Waals surface area (Å²) in [5.74, 6) is -1.44. The number of ether oxygens (including phenoxy) is 2. The molecule has 0 spiro atoms. The summed E-state index contributed by atoms with van der Waals surface area (Å²) in [4.78, 5) is 36.1. The number of carbonyl (C=O) groups excluding carboxylic acids is 2. The van der Waals surface area contributed by atoms with Crippen LogP contribution in [0.2, 0.25) is 0 Å². The highest BCUT2D eigenvalue weighted by molar-refractivity contribution is 5.88. The molecular formula is C26H30N2O6. The van der Waals surface area contributed by atoms with Gasteiger partial charge in [0.1, 0.15) is 17.7 Å². The average molecular weight is 467 g/mol. The molecule has 180 valence electrons. The molecule has 8 nitrogen and oxygen atoms in total. The Morgan fingerprint density at radius 2 is 1.59 bits per heavy atom. The summed E-state index contributed by atoms with van der Waals surface area (Å²) < 4.78 is 10.7. The van der Waals surface area contributed by atoms with E-state index in [9.17, 15) is 19.5 Å². The number of carboxylic acids is 1. The molecule has 0 radical (unpaired) electrons. The maximum atomic E-state index is 12.3. The molecule has 1 saturated carbocycles. The maximum absolute atomic E-state index is 12.3. The molecule has 0 aliphatic heterocycles. The molecule has 34 heavy (non-hydrogen) atoms. The van der Waals surface area contributed by atoms with E-state index in [4.69, 9.17) is 9.47 Å². The number of hydrogen-bond acceptors (Lipinski definition) is 5. The molecule has 2 aliphatic carbocycles. The van der Waals surface area contributed by atoms with Gasteiger partial charge in [0.2, 0.25) is 0 Å². The zero-order valence-corrected chi connectivity index (χ0v) is 19.6. The molecule has 0 saturated heterocycles. The standard InChI is InChI=1S/C26H30N2O6/c1-25(2,3)34-24(32)28-26(22(29)30)14-16(26)12-13-27-23(31)33-15-21-19-10-6-4-8-17(19)18-9-5-7-11-20(18)21/h4-11,16,21H,12-15H2,1-3H3,(H,27,31)(H,28,32)(H,29,30)/t16-,26-/m0/s1. The van der Waals surface area contributed by atoms with Crippen LogP contribution in [-0.2, 0) is 14.3 Å². The summed E-state index contributed by atoms with van der Waals surface area (Å²) in [6.07, 6.45) is -0.634. The first-order valence-electron chi connectivity index (χ1n) is 11.4. The summed E-state index contributed by atoms with van der Waals surface area (Å²) in [5.41, 5.74) is 2.50. The summed E-state index contributed by atoms with van der Waals surface area (Å²) >= 11 is 0. The van der Waals surface area contributed by atoms with E-state index in [1.54, 1.807) is 20.8 Å². The number of benzene rings is 2. The lowest BCUT2D eigenvalue weighted by atomic mass is 9.98. The van der Waals surface area contributed by atoms with Crippen LogP contribution in [0.25, 0.3) is 11.1 Å². The van der Waals surface area contributed by atoms with Gasteiger partial charge < -0.3 is 25.2 Å². The van der Waals surface area contributed by atoms with E-state index in [0.29, 0.717) is 6.42 Å². The monoisotopic (exact) mass is 466 g/mol. The van der Waals surface area contributed by atoms with Gasteiger partial charge in [-0.1, -0.05) is 48.5 Å². The van der Waals surface area contributed by atoms with Gasteiger partial charge in [-0.05, 0) is 61.8 Å². The highest BCUT2D eigenvalue weighted by Crippen LogP contribution is 2.46. The minimum Gasteiger partial charge on any atom is -0.479 e. The van der Waals surface area contributed by atoms with E-state index in [0.717, 1.165) is 22.3 Å². The second-order valence-electron chi connectivity index (χ2n) is 9.85. The molecule has 2 aromatic carbocycles. The molecule has 2 aromatic rings. The van der Waals surface area contributed by atoms with Crippen LogP contribution in [0.15, 0.2) is 48.5 Å². The molecule has 0 heterocycles. The number of rotatable bonds is 7. The molecule has 0 aromatic heterocycles. The van der Waals surface area contributed by atoms with Crippen molar-refractivity contribution in [3.63, 3.8) is 0 Å². The summed E-state index contributed by atoms with van der Waals surface area (Å²) in [7, 11) is 0. The lowest BCUT2D eigenvalue weighted by Crippen LogP contribution is -2.47. The fraction of sp³-hybridized carbons (Fsp3) is 0.423. The number of fused-ring (bicyclic) bond motifs is 3. The normalized spacial score (nSPS) is 20.6. The smallest absolute Gasteiger partial charge is 0.408 e. The Labute approximate surface area is 198 Å². The number of hydrogen-bond donors (Lipinski definition) is 3. The second kappa shape index (κ2) is 9.00. The lowest BCUT2D eigenvalue weighted by molar-refractivity contribution is -0.141. The number of aliphatic carboxylic acids is 1. The minimum atomic E-state index is -1.36. The summed E-state index contributed by atoms with van der Waals surface area (Å²) in [6, 6.07) is 16.2. The molecule has 2 atom stereocenters. The highest BCUT2D eigenvalue weighted by Gasteiger charge is 2.61. The van der Waals surface area contributed by atoms with Crippen molar-refractivity contribution < 1.29 is 29.0 Å². The van der Waals surface area contributed by atoms with Crippen LogP contribution in [0.5, 0.6) is 0 Å². The summed E-state index contributed by atoms with van der Waals surface area (Å²) in [6.45, 7) is 5.59. The summed E-state index contributed by atoms with van der Waals surface area (Å²) in [5, 5.41) is 14.8. The van der Waals surface area contributed by atoms with Crippen LogP contribution in [0.3, 0.4) is 0 Å². The molecule has 3 N–H and O–H groups in total. The fourth-order valence-electron chi connectivity index (χ4n) is 4.63. The molecule has 2 amide bonds. The molecule has 8 heteroatoms. The number of carbonyl (C=O) groups is 3. The number of carboxylic acid groups (broad SMARTS) is 1. The first-order chi connectivity index (χ1) is 16.1. The van der Waals surface area contributed by atoms with Crippen molar-refractivity contribution in [1.82, 2.24) is 10.6 Å². The van der Waals surface area contributed by atoms with Crippen molar-refractivity contribution in [2.24, 2.45) is 5.92 Å². The van der Waals surface area contributed by atoms with Crippen LogP contribution in [0.4, 0.5) is 9.59 Å². The van der Waals surface area contributed by atoms with Crippen LogP contribution < -0.4 is 10.6 Å². The van der Waals surface area contributed by atoms with Crippen molar-refractivity contribution in [3.05, 3.63) is 59.7 Å². The number of amides is 2. The van der Waals surface area contributed by atoms with Gasteiger partial charge in [-0.15, -0.1) is 0 Å². The predicted molar refractivity (Wildman–Crippen MR) is 126 cm³/mol. The largest absolute Gasteiger partial charge is 0.479 e. The maximum Gasteiger partial charge on any atom is 0.408 e. The molecular weight excluding hydrogens is 436 g/mol. The molecule has 1 fully saturated rings. The third-order valence-corrected chi connectivity index (χ3v) is 6.32. The van der Waals surface area contributed by atoms with Crippen molar-refractivity contribution in [2.45, 2.75) is 50.7 Å². The molecule has 4 rings (SSSR count).